The third-order valence-electron chi connectivity index (χ3n) is 5.92. The smallest absolute Gasteiger partial charge is 0.148 e. The van der Waals surface area contributed by atoms with E-state index in [0.29, 0.717) is 29.0 Å². The highest BCUT2D eigenvalue weighted by Gasteiger charge is 2.36. The van der Waals surface area contributed by atoms with Crippen molar-refractivity contribution >= 4 is 11.0 Å². The quantitative estimate of drug-likeness (QED) is 0.460. The van der Waals surface area contributed by atoms with Gasteiger partial charge in [-0.1, -0.05) is 30.3 Å². The van der Waals surface area contributed by atoms with Gasteiger partial charge in [0.1, 0.15) is 35.1 Å². The van der Waals surface area contributed by atoms with Crippen molar-refractivity contribution in [3.05, 3.63) is 77.9 Å². The molecule has 5 rings (SSSR count). The summed E-state index contributed by atoms with van der Waals surface area (Å²) in [6, 6.07) is 15.7. The Hall–Kier alpha value is -3.33. The number of rotatable bonds is 4. The zero-order valence-corrected chi connectivity index (χ0v) is 17.4. The molecule has 2 aromatic heterocycles. The van der Waals surface area contributed by atoms with Crippen molar-refractivity contribution in [2.45, 2.75) is 31.8 Å². The van der Waals surface area contributed by atoms with E-state index in [9.17, 15) is 14.6 Å². The summed E-state index contributed by atoms with van der Waals surface area (Å²) in [7, 11) is 0. The SMILES string of the molecule is Cc1nc2c(c(-c3ccccc3)cn2[C@H]2C[C@H](O)[C@@H](CO)O2)c(=N)n1-c1ccc(F)cc1. The van der Waals surface area contributed by atoms with Crippen LogP contribution < -0.4 is 5.49 Å². The number of aliphatic hydroxyl groups is 2. The van der Waals surface area contributed by atoms with Crippen LogP contribution in [0.15, 0.2) is 60.8 Å². The molecule has 0 unspecified atom stereocenters. The molecule has 1 saturated heterocycles. The second-order valence-electron chi connectivity index (χ2n) is 7.95. The molecule has 32 heavy (non-hydrogen) atoms. The van der Waals surface area contributed by atoms with Gasteiger partial charge < -0.3 is 19.5 Å². The minimum Gasteiger partial charge on any atom is -0.394 e. The molecule has 4 aromatic rings. The number of hydrogen-bond acceptors (Lipinski definition) is 5. The van der Waals surface area contributed by atoms with Crippen molar-refractivity contribution in [2.75, 3.05) is 6.61 Å². The van der Waals surface area contributed by atoms with E-state index < -0.39 is 18.4 Å². The number of aliphatic hydroxyl groups excluding tert-OH is 2. The van der Waals surface area contributed by atoms with Crippen molar-refractivity contribution in [3.8, 4) is 16.8 Å². The Morgan fingerprint density at radius 3 is 2.53 bits per heavy atom. The molecule has 2 aromatic carbocycles. The minimum absolute atomic E-state index is 0.217. The average Bonchev–Trinajstić information content (AvgIpc) is 3.36. The van der Waals surface area contributed by atoms with Gasteiger partial charge in [0.2, 0.25) is 0 Å². The first kappa shape index (κ1) is 20.6. The molecule has 0 spiro atoms. The van der Waals surface area contributed by atoms with Gasteiger partial charge in [0.15, 0.2) is 0 Å². The fraction of sp³-hybridized carbons (Fsp3) is 0.250. The Balaban J connectivity index is 1.77. The molecule has 164 valence electrons. The minimum atomic E-state index is -0.785. The zero-order valence-electron chi connectivity index (χ0n) is 17.4. The number of halogens is 1. The predicted molar refractivity (Wildman–Crippen MR) is 117 cm³/mol. The fourth-order valence-electron chi connectivity index (χ4n) is 4.35. The van der Waals surface area contributed by atoms with Gasteiger partial charge >= 0.3 is 0 Å². The van der Waals surface area contributed by atoms with Gasteiger partial charge in [0, 0.05) is 23.9 Å². The van der Waals surface area contributed by atoms with E-state index in [1.54, 1.807) is 23.6 Å². The Morgan fingerprint density at radius 1 is 1.16 bits per heavy atom. The number of nitrogens with zero attached hydrogens (tertiary/aromatic N) is 3. The van der Waals surface area contributed by atoms with Gasteiger partial charge in [0.25, 0.3) is 0 Å². The number of aryl methyl sites for hydroxylation is 1. The summed E-state index contributed by atoms with van der Waals surface area (Å²) in [5.74, 6) is 0.212. The van der Waals surface area contributed by atoms with Crippen LogP contribution in [0.4, 0.5) is 4.39 Å². The third-order valence-corrected chi connectivity index (χ3v) is 5.92. The highest BCUT2D eigenvalue weighted by Crippen LogP contribution is 2.35. The van der Waals surface area contributed by atoms with Crippen molar-refractivity contribution in [1.29, 1.82) is 5.41 Å². The van der Waals surface area contributed by atoms with E-state index in [2.05, 4.69) is 0 Å². The molecular formula is C24H23FN4O3. The first-order chi connectivity index (χ1) is 15.5. The number of benzene rings is 2. The normalized spacial score (nSPS) is 20.8. The number of hydrogen-bond donors (Lipinski definition) is 3. The van der Waals surface area contributed by atoms with Gasteiger partial charge in [-0.3, -0.25) is 9.98 Å². The van der Waals surface area contributed by atoms with Crippen LogP contribution >= 0.6 is 0 Å². The van der Waals surface area contributed by atoms with E-state index in [4.69, 9.17) is 15.1 Å². The molecular weight excluding hydrogens is 411 g/mol. The maximum atomic E-state index is 13.5. The number of aromatic nitrogens is 3. The van der Waals surface area contributed by atoms with Crippen molar-refractivity contribution in [3.63, 3.8) is 0 Å². The second-order valence-corrected chi connectivity index (χ2v) is 7.95. The summed E-state index contributed by atoms with van der Waals surface area (Å²) in [5.41, 5.74) is 3.13. The molecule has 3 atom stereocenters. The van der Waals surface area contributed by atoms with Crippen LogP contribution in [0.25, 0.3) is 27.8 Å². The number of ether oxygens (including phenoxy) is 1. The standard InChI is InChI=1S/C24H23FN4O3/c1-14-27-24-22(23(26)29(14)17-9-7-16(25)8-10-17)18(15-5-3-2-4-6-15)12-28(24)21-11-19(31)20(13-30)32-21/h2-10,12,19-21,26,30-31H,11,13H2,1H3/t19-,20+,21+/m0/s1. The summed E-state index contributed by atoms with van der Waals surface area (Å²) in [6.07, 6.45) is 0.227. The summed E-state index contributed by atoms with van der Waals surface area (Å²) >= 11 is 0. The third kappa shape index (κ3) is 3.33. The molecule has 1 aliphatic heterocycles. The van der Waals surface area contributed by atoms with Crippen LogP contribution in [-0.4, -0.2) is 43.1 Å². The van der Waals surface area contributed by atoms with Crippen LogP contribution in [0.1, 0.15) is 18.5 Å². The van der Waals surface area contributed by atoms with Crippen molar-refractivity contribution in [1.82, 2.24) is 14.1 Å². The largest absolute Gasteiger partial charge is 0.394 e. The van der Waals surface area contributed by atoms with Gasteiger partial charge in [-0.05, 0) is 36.8 Å². The Bertz CT molecular complexity index is 1330. The first-order valence-corrected chi connectivity index (χ1v) is 10.4. The fourth-order valence-corrected chi connectivity index (χ4v) is 4.35. The summed E-state index contributed by atoms with van der Waals surface area (Å²) < 4.78 is 22.9. The average molecular weight is 434 g/mol. The van der Waals surface area contributed by atoms with Crippen LogP contribution in [0.5, 0.6) is 0 Å². The first-order valence-electron chi connectivity index (χ1n) is 10.4. The van der Waals surface area contributed by atoms with E-state index in [1.807, 2.05) is 41.1 Å². The lowest BCUT2D eigenvalue weighted by molar-refractivity contribution is -0.0430. The van der Waals surface area contributed by atoms with Gasteiger partial charge in [0.05, 0.1) is 18.1 Å². The van der Waals surface area contributed by atoms with Gasteiger partial charge in [-0.15, -0.1) is 0 Å². The zero-order chi connectivity index (χ0) is 22.4. The van der Waals surface area contributed by atoms with Crippen LogP contribution in [-0.2, 0) is 4.74 Å². The van der Waals surface area contributed by atoms with Crippen molar-refractivity contribution in [2.24, 2.45) is 0 Å². The Kier molecular flexibility index (Phi) is 5.13. The van der Waals surface area contributed by atoms with Crippen LogP contribution in [0.3, 0.4) is 0 Å². The maximum Gasteiger partial charge on any atom is 0.148 e. The van der Waals surface area contributed by atoms with E-state index in [0.717, 1.165) is 11.1 Å². The number of fused-ring (bicyclic) bond motifs is 1. The lowest BCUT2D eigenvalue weighted by Gasteiger charge is -2.16. The molecule has 8 heteroatoms. The topological polar surface area (TPSA) is 96.3 Å². The molecule has 3 N–H and O–H groups in total. The lowest BCUT2D eigenvalue weighted by Crippen LogP contribution is -2.24. The Labute approximate surface area is 183 Å². The molecule has 1 fully saturated rings. The summed E-state index contributed by atoms with van der Waals surface area (Å²) in [4.78, 5) is 4.79. The van der Waals surface area contributed by atoms with Gasteiger partial charge in [-0.25, -0.2) is 9.37 Å². The lowest BCUT2D eigenvalue weighted by atomic mass is 10.1. The Morgan fingerprint density at radius 2 is 1.88 bits per heavy atom. The van der Waals surface area contributed by atoms with E-state index >= 15 is 0 Å². The van der Waals surface area contributed by atoms with Crippen LogP contribution in [0, 0.1) is 18.2 Å². The molecule has 0 amide bonds. The molecule has 0 aliphatic carbocycles. The number of nitrogens with one attached hydrogen (secondary N) is 1. The molecule has 1 aliphatic rings. The predicted octanol–water partition coefficient (Wildman–Crippen LogP) is 3.06. The molecule has 3 heterocycles. The van der Waals surface area contributed by atoms with E-state index in [1.165, 1.54) is 12.1 Å². The second kappa shape index (κ2) is 7.98. The highest BCUT2D eigenvalue weighted by molar-refractivity contribution is 5.93. The van der Waals surface area contributed by atoms with Crippen LogP contribution in [0.2, 0.25) is 0 Å². The van der Waals surface area contributed by atoms with Gasteiger partial charge in [-0.2, -0.15) is 0 Å². The molecule has 7 nitrogen and oxygen atoms in total. The maximum absolute atomic E-state index is 13.5. The summed E-state index contributed by atoms with van der Waals surface area (Å²) in [5, 5.41) is 29.4. The molecule has 0 radical (unpaired) electrons. The van der Waals surface area contributed by atoms with Crippen molar-refractivity contribution < 1.29 is 19.3 Å². The monoisotopic (exact) mass is 434 g/mol. The molecule has 0 saturated carbocycles. The van der Waals surface area contributed by atoms with E-state index in [-0.39, 0.29) is 17.9 Å². The highest BCUT2D eigenvalue weighted by atomic mass is 19.1. The summed E-state index contributed by atoms with van der Waals surface area (Å²) in [6.45, 7) is 1.52. The molecule has 0 bridgehead atoms.